The number of benzene rings is 1. The molecule has 0 aliphatic rings. The van der Waals surface area contributed by atoms with Crippen LogP contribution in [0.3, 0.4) is 0 Å². The molecule has 1 rings (SSSR count). The summed E-state index contributed by atoms with van der Waals surface area (Å²) in [6.45, 7) is 8.84. The second-order valence-corrected chi connectivity index (χ2v) is 5.27. The van der Waals surface area contributed by atoms with Crippen molar-refractivity contribution >= 4 is 0 Å². The van der Waals surface area contributed by atoms with Gasteiger partial charge in [0.05, 0.1) is 0 Å². The normalized spacial score (nSPS) is 13.8. The second-order valence-electron chi connectivity index (χ2n) is 5.27. The Balaban J connectivity index is 2.64. The smallest absolute Gasteiger partial charge is 0.0273 e. The van der Waals surface area contributed by atoms with Crippen molar-refractivity contribution < 1.29 is 0 Å². The minimum atomic E-state index is 0.110. The van der Waals surface area contributed by atoms with Crippen LogP contribution < -0.4 is 10.9 Å². The minimum Gasteiger partial charge on any atom is -0.260 e. The summed E-state index contributed by atoms with van der Waals surface area (Å²) in [7, 11) is 1.91. The monoisotopic (exact) mass is 220 g/mol. The second kappa shape index (κ2) is 5.46. The summed E-state index contributed by atoms with van der Waals surface area (Å²) in [5.41, 5.74) is 9.15. The van der Waals surface area contributed by atoms with Gasteiger partial charge in [0.2, 0.25) is 0 Å². The van der Waals surface area contributed by atoms with Gasteiger partial charge in [-0.25, -0.2) is 0 Å². The van der Waals surface area contributed by atoms with Crippen molar-refractivity contribution in [3.63, 3.8) is 0 Å². The molecule has 2 N–H and O–H groups in total. The Kier molecular flexibility index (Phi) is 4.51. The Hall–Kier alpha value is -0.860. The van der Waals surface area contributed by atoms with E-state index < -0.39 is 0 Å². The predicted octanol–water partition coefficient (Wildman–Crippen LogP) is 2.99. The Morgan fingerprint density at radius 1 is 1.19 bits per heavy atom. The van der Waals surface area contributed by atoms with Crippen molar-refractivity contribution in [2.24, 2.45) is 0 Å². The van der Waals surface area contributed by atoms with Crippen LogP contribution in [0.2, 0.25) is 0 Å². The van der Waals surface area contributed by atoms with Gasteiger partial charge in [0.15, 0.2) is 0 Å². The Labute approximate surface area is 99.4 Å². The summed E-state index contributed by atoms with van der Waals surface area (Å²) in [5, 5.41) is 0. The molecule has 0 aliphatic heterocycles. The fourth-order valence-electron chi connectivity index (χ4n) is 2.17. The van der Waals surface area contributed by atoms with E-state index in [-0.39, 0.29) is 5.54 Å². The van der Waals surface area contributed by atoms with E-state index in [1.807, 2.05) is 7.05 Å². The standard InChI is InChI=1S/C14H24N2/c1-11-6-8-13(9-7-11)12(2)10-14(3,4)16-15-5/h6-9,12,15-16H,10H2,1-5H3. The highest BCUT2D eigenvalue weighted by molar-refractivity contribution is 5.24. The Morgan fingerprint density at radius 3 is 2.25 bits per heavy atom. The highest BCUT2D eigenvalue weighted by atomic mass is 15.4. The lowest BCUT2D eigenvalue weighted by Gasteiger charge is -2.29. The van der Waals surface area contributed by atoms with Gasteiger partial charge in [-0.15, -0.1) is 0 Å². The molecule has 0 spiro atoms. The molecule has 0 fully saturated rings. The summed E-state index contributed by atoms with van der Waals surface area (Å²) >= 11 is 0. The number of nitrogens with one attached hydrogen (secondary N) is 2. The highest BCUT2D eigenvalue weighted by Crippen LogP contribution is 2.25. The maximum absolute atomic E-state index is 3.28. The van der Waals surface area contributed by atoms with Crippen LogP contribution in [0.25, 0.3) is 0 Å². The van der Waals surface area contributed by atoms with E-state index in [0.29, 0.717) is 5.92 Å². The first-order valence-electron chi connectivity index (χ1n) is 5.95. The van der Waals surface area contributed by atoms with Crippen molar-refractivity contribution in [1.82, 2.24) is 10.9 Å². The molecule has 0 amide bonds. The summed E-state index contributed by atoms with van der Waals surface area (Å²) in [6.07, 6.45) is 1.11. The van der Waals surface area contributed by atoms with Crippen LogP contribution in [0.4, 0.5) is 0 Å². The van der Waals surface area contributed by atoms with Gasteiger partial charge in [-0.2, -0.15) is 0 Å². The van der Waals surface area contributed by atoms with Crippen LogP contribution in [0.1, 0.15) is 44.2 Å². The average molecular weight is 220 g/mol. The van der Waals surface area contributed by atoms with Crippen molar-refractivity contribution in [1.29, 1.82) is 0 Å². The van der Waals surface area contributed by atoms with Gasteiger partial charge in [-0.05, 0) is 45.7 Å². The molecule has 1 unspecified atom stereocenters. The van der Waals surface area contributed by atoms with Crippen LogP contribution in [0.5, 0.6) is 0 Å². The molecule has 2 nitrogen and oxygen atoms in total. The van der Waals surface area contributed by atoms with Crippen molar-refractivity contribution in [3.8, 4) is 0 Å². The molecule has 0 aromatic heterocycles. The molecular weight excluding hydrogens is 196 g/mol. The van der Waals surface area contributed by atoms with E-state index in [4.69, 9.17) is 0 Å². The molecule has 0 aliphatic carbocycles. The molecule has 0 saturated carbocycles. The van der Waals surface area contributed by atoms with Crippen molar-refractivity contribution in [2.45, 2.75) is 45.6 Å². The molecule has 0 heterocycles. The number of aryl methyl sites for hydroxylation is 1. The molecule has 16 heavy (non-hydrogen) atoms. The summed E-state index contributed by atoms with van der Waals surface area (Å²) < 4.78 is 0. The molecule has 0 radical (unpaired) electrons. The fraction of sp³-hybridized carbons (Fsp3) is 0.571. The Bertz CT molecular complexity index is 314. The first kappa shape index (κ1) is 13.2. The maximum Gasteiger partial charge on any atom is 0.0273 e. The third-order valence-corrected chi connectivity index (χ3v) is 2.93. The summed E-state index contributed by atoms with van der Waals surface area (Å²) in [6, 6.07) is 8.83. The lowest BCUT2D eigenvalue weighted by molar-refractivity contribution is 0.309. The van der Waals surface area contributed by atoms with Crippen LogP contribution in [-0.2, 0) is 0 Å². The zero-order valence-electron chi connectivity index (χ0n) is 11.1. The number of hydrogen-bond donors (Lipinski definition) is 2. The molecule has 2 heteroatoms. The van der Waals surface area contributed by atoms with Crippen LogP contribution in [0.15, 0.2) is 24.3 Å². The maximum atomic E-state index is 3.28. The van der Waals surface area contributed by atoms with Gasteiger partial charge in [-0.1, -0.05) is 36.8 Å². The molecule has 90 valence electrons. The van der Waals surface area contributed by atoms with Crippen LogP contribution in [-0.4, -0.2) is 12.6 Å². The third-order valence-electron chi connectivity index (χ3n) is 2.93. The van der Waals surface area contributed by atoms with E-state index in [0.717, 1.165) is 6.42 Å². The molecule has 1 atom stereocenters. The van der Waals surface area contributed by atoms with Crippen molar-refractivity contribution in [3.05, 3.63) is 35.4 Å². The van der Waals surface area contributed by atoms with E-state index in [1.54, 1.807) is 0 Å². The van der Waals surface area contributed by atoms with Gasteiger partial charge in [0.1, 0.15) is 0 Å². The lowest BCUT2D eigenvalue weighted by atomic mass is 9.87. The first-order valence-corrected chi connectivity index (χ1v) is 5.95. The lowest BCUT2D eigenvalue weighted by Crippen LogP contribution is -2.47. The van der Waals surface area contributed by atoms with Crippen LogP contribution in [0, 0.1) is 6.92 Å². The average Bonchev–Trinajstić information content (AvgIpc) is 2.17. The number of hydrazine groups is 1. The van der Waals surface area contributed by atoms with E-state index in [1.165, 1.54) is 11.1 Å². The SMILES string of the molecule is CNNC(C)(C)CC(C)c1ccc(C)cc1. The van der Waals surface area contributed by atoms with Gasteiger partial charge in [0, 0.05) is 5.54 Å². The summed E-state index contributed by atoms with van der Waals surface area (Å²) in [4.78, 5) is 0. The molecule has 1 aromatic carbocycles. The zero-order chi connectivity index (χ0) is 12.2. The Morgan fingerprint density at radius 2 is 1.75 bits per heavy atom. The molecule has 1 aromatic rings. The number of rotatable bonds is 5. The zero-order valence-corrected chi connectivity index (χ0v) is 11.1. The fourth-order valence-corrected chi connectivity index (χ4v) is 2.17. The third kappa shape index (κ3) is 3.95. The first-order chi connectivity index (χ1) is 7.44. The molecule has 0 bridgehead atoms. The number of hydrogen-bond acceptors (Lipinski definition) is 2. The summed E-state index contributed by atoms with van der Waals surface area (Å²) in [5.74, 6) is 0.566. The van der Waals surface area contributed by atoms with Crippen LogP contribution >= 0.6 is 0 Å². The predicted molar refractivity (Wildman–Crippen MR) is 70.5 cm³/mol. The minimum absolute atomic E-state index is 0.110. The van der Waals surface area contributed by atoms with Gasteiger partial charge in [0.25, 0.3) is 0 Å². The van der Waals surface area contributed by atoms with Gasteiger partial charge in [-0.3, -0.25) is 10.9 Å². The van der Waals surface area contributed by atoms with Gasteiger partial charge < -0.3 is 0 Å². The molecule has 0 saturated heterocycles. The largest absolute Gasteiger partial charge is 0.260 e. The van der Waals surface area contributed by atoms with E-state index in [9.17, 15) is 0 Å². The molecular formula is C14H24N2. The topological polar surface area (TPSA) is 24.1 Å². The highest BCUT2D eigenvalue weighted by Gasteiger charge is 2.20. The van der Waals surface area contributed by atoms with Crippen molar-refractivity contribution in [2.75, 3.05) is 7.05 Å². The van der Waals surface area contributed by atoms with E-state index >= 15 is 0 Å². The van der Waals surface area contributed by atoms with Gasteiger partial charge >= 0.3 is 0 Å². The van der Waals surface area contributed by atoms with E-state index in [2.05, 4.69) is 62.8 Å². The quantitative estimate of drug-likeness (QED) is 0.745.